The Morgan fingerprint density at radius 3 is 2.75 bits per heavy atom. The van der Waals surface area contributed by atoms with Crippen molar-refractivity contribution in [2.45, 2.75) is 24.9 Å². The van der Waals surface area contributed by atoms with Crippen LogP contribution in [0.25, 0.3) is 0 Å². The van der Waals surface area contributed by atoms with Gasteiger partial charge in [-0.3, -0.25) is 4.79 Å². The molecule has 5 heteroatoms. The second kappa shape index (κ2) is 7.90. The van der Waals surface area contributed by atoms with Crippen molar-refractivity contribution in [2.75, 3.05) is 6.61 Å². The summed E-state index contributed by atoms with van der Waals surface area (Å²) in [7, 11) is 0. The van der Waals surface area contributed by atoms with Crippen molar-refractivity contribution in [3.05, 3.63) is 59.7 Å². The van der Waals surface area contributed by atoms with Gasteiger partial charge in [-0.1, -0.05) is 41.7 Å². The van der Waals surface area contributed by atoms with Crippen LogP contribution in [0.15, 0.2) is 53.5 Å². The van der Waals surface area contributed by atoms with Gasteiger partial charge in [0.15, 0.2) is 5.78 Å². The summed E-state index contributed by atoms with van der Waals surface area (Å²) in [5.74, 6) is 1.81. The van der Waals surface area contributed by atoms with E-state index < -0.39 is 0 Å². The van der Waals surface area contributed by atoms with Gasteiger partial charge < -0.3 is 4.74 Å². The third-order valence-corrected chi connectivity index (χ3v) is 5.95. The Morgan fingerprint density at radius 2 is 2.00 bits per heavy atom. The van der Waals surface area contributed by atoms with E-state index in [9.17, 15) is 4.79 Å². The van der Waals surface area contributed by atoms with Crippen molar-refractivity contribution in [1.29, 1.82) is 0 Å². The largest absolute Gasteiger partial charge is 0.494 e. The molecule has 0 N–H and O–H groups in total. The number of rotatable bonds is 5. The van der Waals surface area contributed by atoms with Gasteiger partial charge in [0, 0.05) is 11.3 Å². The van der Waals surface area contributed by atoms with Crippen molar-refractivity contribution in [2.24, 2.45) is 4.99 Å². The second-order valence-corrected chi connectivity index (χ2v) is 7.93. The number of hydrogen-bond acceptors (Lipinski definition) is 5. The molecule has 0 aliphatic carbocycles. The summed E-state index contributed by atoms with van der Waals surface area (Å²) in [4.78, 5) is 17.3. The lowest BCUT2D eigenvalue weighted by molar-refractivity contribution is 0.0994. The fraction of sp³-hybridized carbons (Fsp3) is 0.263. The molecule has 3 nitrogen and oxygen atoms in total. The minimum atomic E-state index is -0.167. The highest BCUT2D eigenvalue weighted by Gasteiger charge is 2.21. The van der Waals surface area contributed by atoms with E-state index in [4.69, 9.17) is 4.74 Å². The number of para-hydroxylation sites is 1. The van der Waals surface area contributed by atoms with E-state index in [-0.39, 0.29) is 11.0 Å². The molecule has 0 spiro atoms. The van der Waals surface area contributed by atoms with E-state index in [1.54, 1.807) is 11.8 Å². The van der Waals surface area contributed by atoms with Crippen LogP contribution in [-0.4, -0.2) is 22.0 Å². The van der Waals surface area contributed by atoms with Crippen molar-refractivity contribution >= 4 is 39.4 Å². The molecule has 0 saturated heterocycles. The van der Waals surface area contributed by atoms with Gasteiger partial charge >= 0.3 is 0 Å². The van der Waals surface area contributed by atoms with Gasteiger partial charge in [0.2, 0.25) is 0 Å². The molecule has 0 unspecified atom stereocenters. The Balaban J connectivity index is 1.67. The summed E-state index contributed by atoms with van der Waals surface area (Å²) in [6, 6.07) is 15.5. The highest BCUT2D eigenvalue weighted by Crippen LogP contribution is 2.36. The van der Waals surface area contributed by atoms with Crippen LogP contribution in [0.3, 0.4) is 0 Å². The molecule has 3 rings (SSSR count). The highest BCUT2D eigenvalue weighted by atomic mass is 32.2. The Hall–Kier alpha value is -1.72. The second-order valence-electron chi connectivity index (χ2n) is 5.38. The Bertz CT molecular complexity index is 756. The number of ether oxygens (including phenoxy) is 1. The number of thioether (sulfide) groups is 2. The predicted molar refractivity (Wildman–Crippen MR) is 104 cm³/mol. The number of ketones is 1. The Labute approximate surface area is 150 Å². The van der Waals surface area contributed by atoms with E-state index in [0.717, 1.165) is 21.6 Å². The number of aliphatic imine (C=N–C) groups is 1. The molecule has 2 aromatic rings. The van der Waals surface area contributed by atoms with Crippen molar-refractivity contribution in [3.63, 3.8) is 0 Å². The number of fused-ring (bicyclic) bond motifs is 1. The first kappa shape index (κ1) is 17.1. The lowest BCUT2D eigenvalue weighted by Crippen LogP contribution is -2.15. The Morgan fingerprint density at radius 1 is 1.25 bits per heavy atom. The van der Waals surface area contributed by atoms with E-state index in [2.05, 4.69) is 11.1 Å². The van der Waals surface area contributed by atoms with Crippen LogP contribution in [0.5, 0.6) is 5.75 Å². The van der Waals surface area contributed by atoms with Gasteiger partial charge in [0.05, 0.1) is 17.5 Å². The summed E-state index contributed by atoms with van der Waals surface area (Å²) < 4.78 is 6.38. The van der Waals surface area contributed by atoms with Gasteiger partial charge in [-0.15, -0.1) is 0 Å². The summed E-state index contributed by atoms with van der Waals surface area (Å²) in [5, 5.41) is -0.167. The fourth-order valence-corrected chi connectivity index (χ4v) is 4.66. The van der Waals surface area contributed by atoms with Crippen LogP contribution in [0.2, 0.25) is 0 Å². The topological polar surface area (TPSA) is 38.7 Å². The molecular formula is C19H19NO2S2. The average Bonchev–Trinajstić information content (AvgIpc) is 2.62. The van der Waals surface area contributed by atoms with Crippen molar-refractivity contribution in [1.82, 2.24) is 0 Å². The zero-order valence-corrected chi connectivity index (χ0v) is 15.3. The first-order chi connectivity index (χ1) is 11.7. The van der Waals surface area contributed by atoms with Crippen molar-refractivity contribution in [3.8, 4) is 5.75 Å². The molecule has 24 heavy (non-hydrogen) atoms. The average molecular weight is 358 g/mol. The highest BCUT2D eigenvalue weighted by molar-refractivity contribution is 8.39. The number of nitrogens with zero attached hydrogens (tertiary/aromatic N) is 1. The lowest BCUT2D eigenvalue weighted by Gasteiger charge is -2.17. The maximum atomic E-state index is 12.6. The smallest absolute Gasteiger partial charge is 0.175 e. The Kier molecular flexibility index (Phi) is 5.63. The fourth-order valence-electron chi connectivity index (χ4n) is 2.39. The molecule has 0 saturated carbocycles. The number of carbonyl (C=O) groups is 1. The molecule has 0 fully saturated rings. The summed E-state index contributed by atoms with van der Waals surface area (Å²) >= 11 is 3.23. The van der Waals surface area contributed by atoms with Gasteiger partial charge in [0.25, 0.3) is 0 Å². The third kappa shape index (κ3) is 4.02. The van der Waals surface area contributed by atoms with Gasteiger partial charge in [-0.05, 0) is 49.7 Å². The van der Waals surface area contributed by atoms with Crippen LogP contribution in [0.4, 0.5) is 5.69 Å². The van der Waals surface area contributed by atoms with Crippen LogP contribution in [-0.2, 0) is 5.75 Å². The maximum Gasteiger partial charge on any atom is 0.175 e. The summed E-state index contributed by atoms with van der Waals surface area (Å²) in [6.07, 6.45) is 0. The van der Waals surface area contributed by atoms with Gasteiger partial charge in [-0.25, -0.2) is 4.99 Å². The van der Waals surface area contributed by atoms with Crippen LogP contribution in [0, 0.1) is 0 Å². The molecule has 0 aromatic heterocycles. The van der Waals surface area contributed by atoms with Crippen molar-refractivity contribution < 1.29 is 9.53 Å². The molecule has 124 valence electrons. The zero-order valence-electron chi connectivity index (χ0n) is 13.7. The normalized spacial score (nSPS) is 14.5. The molecule has 1 aliphatic rings. The first-order valence-electron chi connectivity index (χ1n) is 7.90. The standard InChI is InChI=1S/C19H19NO2S2/c1-3-22-16-10-8-14(9-11-16)18(21)13(2)24-19-20-17-7-5-4-6-15(17)12-23-19/h4-11,13H,3,12H2,1-2H3/t13-/m0/s1. The molecule has 1 heterocycles. The van der Waals surface area contributed by atoms with E-state index in [1.165, 1.54) is 17.3 Å². The zero-order chi connectivity index (χ0) is 16.9. The van der Waals surface area contributed by atoms with E-state index in [0.29, 0.717) is 12.2 Å². The third-order valence-electron chi connectivity index (χ3n) is 3.65. The lowest BCUT2D eigenvalue weighted by atomic mass is 10.1. The minimum absolute atomic E-state index is 0.116. The predicted octanol–water partition coefficient (Wildman–Crippen LogP) is 5.32. The first-order valence-corrected chi connectivity index (χ1v) is 9.77. The van der Waals surface area contributed by atoms with Gasteiger partial charge in [0.1, 0.15) is 10.1 Å². The molecule has 0 radical (unpaired) electrons. The van der Waals surface area contributed by atoms with Crippen LogP contribution in [0.1, 0.15) is 29.8 Å². The quantitative estimate of drug-likeness (QED) is 0.679. The monoisotopic (exact) mass is 357 g/mol. The van der Waals surface area contributed by atoms with E-state index in [1.807, 2.05) is 56.3 Å². The summed E-state index contributed by atoms with van der Waals surface area (Å²) in [6.45, 7) is 4.50. The van der Waals surface area contributed by atoms with Crippen LogP contribution < -0.4 is 4.74 Å². The van der Waals surface area contributed by atoms with Gasteiger partial charge in [-0.2, -0.15) is 0 Å². The molecule has 1 atom stereocenters. The molecule has 0 amide bonds. The molecule has 2 aromatic carbocycles. The molecule has 0 bridgehead atoms. The number of benzene rings is 2. The summed E-state index contributed by atoms with van der Waals surface area (Å²) in [5.41, 5.74) is 2.97. The molecular weight excluding hydrogens is 338 g/mol. The van der Waals surface area contributed by atoms with E-state index >= 15 is 0 Å². The number of hydrogen-bond donors (Lipinski definition) is 0. The number of carbonyl (C=O) groups excluding carboxylic acids is 1. The maximum absolute atomic E-state index is 12.6. The number of Topliss-reactive ketones (excluding diaryl/α,β-unsaturated/α-hetero) is 1. The van der Waals surface area contributed by atoms with Crippen LogP contribution >= 0.6 is 23.5 Å². The minimum Gasteiger partial charge on any atom is -0.494 e. The SMILES string of the molecule is CCOc1ccc(C(=O)[C@H](C)SC2=Nc3ccccc3CS2)cc1. The molecule has 1 aliphatic heterocycles.